The minimum absolute atomic E-state index is 0.0635. The first-order valence-corrected chi connectivity index (χ1v) is 8.93. The van der Waals surface area contributed by atoms with Crippen molar-refractivity contribution in [1.29, 1.82) is 0 Å². The molecule has 120 valence electrons. The molecule has 0 saturated carbocycles. The van der Waals surface area contributed by atoms with Gasteiger partial charge in [-0.3, -0.25) is 0 Å². The fourth-order valence-electron chi connectivity index (χ4n) is 2.43. The number of hydrogen-bond donors (Lipinski definition) is 2. The Labute approximate surface area is 128 Å². The molecule has 0 aliphatic heterocycles. The van der Waals surface area contributed by atoms with E-state index in [-0.39, 0.29) is 5.75 Å². The van der Waals surface area contributed by atoms with Crippen LogP contribution in [0.15, 0.2) is 24.3 Å². The van der Waals surface area contributed by atoms with E-state index in [0.29, 0.717) is 29.9 Å². The zero-order chi connectivity index (χ0) is 16.0. The minimum atomic E-state index is -3.42. The molecule has 0 saturated heterocycles. The lowest BCUT2D eigenvalue weighted by molar-refractivity contribution is -0.940. The van der Waals surface area contributed by atoms with Crippen molar-refractivity contribution in [3.63, 3.8) is 0 Å². The molecule has 21 heavy (non-hydrogen) atoms. The van der Waals surface area contributed by atoms with Crippen LogP contribution in [0.3, 0.4) is 0 Å². The van der Waals surface area contributed by atoms with Crippen LogP contribution in [-0.2, 0) is 15.8 Å². The van der Waals surface area contributed by atoms with Crippen LogP contribution in [0.1, 0.15) is 33.3 Å². The molecule has 1 rings (SSSR count). The Bertz CT molecular complexity index is 516. The number of rotatable bonds is 8. The van der Waals surface area contributed by atoms with Gasteiger partial charge in [-0.05, 0) is 45.4 Å². The van der Waals surface area contributed by atoms with Crippen molar-refractivity contribution in [3.8, 4) is 0 Å². The Morgan fingerprint density at radius 2 is 1.62 bits per heavy atom. The molecule has 6 heteroatoms. The molecular formula is C15H27N3O2S. The molecular weight excluding hydrogens is 286 g/mol. The normalized spacial score (nSPS) is 12.5. The van der Waals surface area contributed by atoms with E-state index >= 15 is 0 Å². The van der Waals surface area contributed by atoms with Crippen molar-refractivity contribution in [3.05, 3.63) is 34.6 Å². The second-order valence-corrected chi connectivity index (χ2v) is 7.67. The minimum Gasteiger partial charge on any atom is -0.544 e. The first-order chi connectivity index (χ1) is 9.71. The van der Waals surface area contributed by atoms with Crippen LogP contribution in [0.5, 0.6) is 0 Å². The third kappa shape index (κ3) is 6.46. The number of nitrogens with two attached hydrogens (primary N) is 1. The van der Waals surface area contributed by atoms with Gasteiger partial charge in [-0.25, -0.2) is 8.42 Å². The predicted octanol–water partition coefficient (Wildman–Crippen LogP) is 1.17. The van der Waals surface area contributed by atoms with Gasteiger partial charge in [-0.15, -0.1) is 0 Å². The largest absolute Gasteiger partial charge is 0.544 e. The standard InChI is InChI=1S/C15H26N3O2S/c1-12(2)18(13(3)4)10-9-17-21(19,20)11-14-5-7-15(16)8-6-14/h5-8,12-13H,9-11,16H2,1-4H3/q-1/p+1. The van der Waals surface area contributed by atoms with E-state index in [1.165, 1.54) is 4.90 Å². The molecule has 0 heterocycles. The van der Waals surface area contributed by atoms with Crippen LogP contribution in [0.2, 0.25) is 0 Å². The summed E-state index contributed by atoms with van der Waals surface area (Å²) in [6, 6.07) is 7.77. The van der Waals surface area contributed by atoms with Crippen LogP contribution in [-0.4, -0.2) is 33.6 Å². The molecule has 0 unspecified atom stereocenters. The lowest BCUT2D eigenvalue weighted by Crippen LogP contribution is -3.18. The molecule has 0 aliphatic rings. The van der Waals surface area contributed by atoms with E-state index in [4.69, 9.17) is 5.73 Å². The summed E-state index contributed by atoms with van der Waals surface area (Å²) in [4.78, 5) is 1.36. The first-order valence-electron chi connectivity index (χ1n) is 7.32. The molecule has 0 amide bonds. The third-order valence-corrected chi connectivity index (χ3v) is 4.77. The zero-order valence-electron chi connectivity index (χ0n) is 13.3. The Hall–Kier alpha value is -1.11. The average molecular weight is 313 g/mol. The molecule has 0 atom stereocenters. The summed E-state index contributed by atoms with van der Waals surface area (Å²) in [7, 11) is -3.42. The molecule has 0 bridgehead atoms. The SMILES string of the molecule is CC(C)[NH+](CC[N-]S(=O)(=O)Cc1ccc(N)cc1)C(C)C. The smallest absolute Gasteiger partial charge is 0.0819 e. The Kier molecular flexibility index (Phi) is 6.64. The van der Waals surface area contributed by atoms with Gasteiger partial charge in [0.05, 0.1) is 34.4 Å². The highest BCUT2D eigenvalue weighted by Crippen LogP contribution is 2.13. The van der Waals surface area contributed by atoms with Crippen molar-refractivity contribution >= 4 is 15.7 Å². The van der Waals surface area contributed by atoms with E-state index in [2.05, 4.69) is 32.4 Å². The van der Waals surface area contributed by atoms with Crippen LogP contribution >= 0.6 is 0 Å². The molecule has 0 radical (unpaired) electrons. The monoisotopic (exact) mass is 313 g/mol. The summed E-state index contributed by atoms with van der Waals surface area (Å²) in [5, 5.41) is 0. The number of sulfonamides is 1. The van der Waals surface area contributed by atoms with E-state index < -0.39 is 10.0 Å². The summed E-state index contributed by atoms with van der Waals surface area (Å²) in [6.45, 7) is 9.62. The zero-order valence-corrected chi connectivity index (χ0v) is 14.2. The van der Waals surface area contributed by atoms with Crippen molar-refractivity contribution in [2.75, 3.05) is 18.8 Å². The third-order valence-electron chi connectivity index (χ3n) is 3.50. The number of anilines is 1. The second-order valence-electron chi connectivity index (χ2n) is 5.95. The van der Waals surface area contributed by atoms with Gasteiger partial charge in [0.15, 0.2) is 0 Å². The second kappa shape index (κ2) is 7.77. The highest BCUT2D eigenvalue weighted by molar-refractivity contribution is 7.93. The van der Waals surface area contributed by atoms with Gasteiger partial charge in [0.2, 0.25) is 0 Å². The first kappa shape index (κ1) is 17.9. The van der Waals surface area contributed by atoms with Crippen LogP contribution in [0.4, 0.5) is 5.69 Å². The maximum Gasteiger partial charge on any atom is 0.0819 e. The van der Waals surface area contributed by atoms with Crippen molar-refractivity contribution in [2.45, 2.75) is 45.5 Å². The molecule has 3 N–H and O–H groups in total. The molecule has 5 nitrogen and oxygen atoms in total. The highest BCUT2D eigenvalue weighted by Gasteiger charge is 2.15. The molecule has 0 aliphatic carbocycles. The lowest BCUT2D eigenvalue weighted by atomic mass is 10.2. The Balaban J connectivity index is 2.51. The summed E-state index contributed by atoms with van der Waals surface area (Å²) < 4.78 is 27.9. The average Bonchev–Trinajstić information content (AvgIpc) is 2.36. The van der Waals surface area contributed by atoms with E-state index in [0.717, 1.165) is 6.54 Å². The molecule has 1 aromatic carbocycles. The lowest BCUT2D eigenvalue weighted by Gasteiger charge is -2.30. The van der Waals surface area contributed by atoms with Gasteiger partial charge >= 0.3 is 0 Å². The van der Waals surface area contributed by atoms with Gasteiger partial charge < -0.3 is 15.4 Å². The van der Waals surface area contributed by atoms with Gasteiger partial charge in [-0.2, -0.15) is 0 Å². The summed E-state index contributed by atoms with van der Waals surface area (Å²) in [5.74, 6) is -0.0635. The topological polar surface area (TPSA) is 78.7 Å². The fraction of sp³-hybridized carbons (Fsp3) is 0.600. The van der Waals surface area contributed by atoms with Crippen molar-refractivity contribution in [1.82, 2.24) is 0 Å². The van der Waals surface area contributed by atoms with Gasteiger partial charge in [-0.1, -0.05) is 18.7 Å². The number of quaternary nitrogens is 1. The Morgan fingerprint density at radius 3 is 2.10 bits per heavy atom. The number of nitrogen functional groups attached to an aromatic ring is 1. The molecule has 0 aromatic heterocycles. The number of benzene rings is 1. The number of nitrogens with one attached hydrogen (secondary N) is 1. The summed E-state index contributed by atoms with van der Waals surface area (Å²) in [6.07, 6.45) is 0. The van der Waals surface area contributed by atoms with E-state index in [1.807, 2.05) is 0 Å². The Morgan fingerprint density at radius 1 is 1.10 bits per heavy atom. The van der Waals surface area contributed by atoms with Crippen molar-refractivity contribution in [2.24, 2.45) is 0 Å². The van der Waals surface area contributed by atoms with Crippen molar-refractivity contribution < 1.29 is 13.3 Å². The number of hydrogen-bond acceptors (Lipinski definition) is 3. The highest BCUT2D eigenvalue weighted by atomic mass is 32.2. The van der Waals surface area contributed by atoms with Crippen LogP contribution in [0, 0.1) is 0 Å². The van der Waals surface area contributed by atoms with E-state index in [1.54, 1.807) is 24.3 Å². The van der Waals surface area contributed by atoms with Gasteiger partial charge in [0, 0.05) is 5.69 Å². The number of nitrogens with zero attached hydrogens (tertiary/aromatic N) is 1. The van der Waals surface area contributed by atoms with Crippen LogP contribution < -0.4 is 10.6 Å². The summed E-state index contributed by atoms with van der Waals surface area (Å²) >= 11 is 0. The molecule has 1 aromatic rings. The fourth-order valence-corrected chi connectivity index (χ4v) is 3.50. The quantitative estimate of drug-likeness (QED) is 0.707. The predicted molar refractivity (Wildman–Crippen MR) is 87.8 cm³/mol. The molecule has 0 spiro atoms. The summed E-state index contributed by atoms with van der Waals surface area (Å²) in [5.41, 5.74) is 6.92. The van der Waals surface area contributed by atoms with Crippen LogP contribution in [0.25, 0.3) is 4.72 Å². The maximum atomic E-state index is 12.0. The maximum absolute atomic E-state index is 12.0. The molecule has 0 fully saturated rings. The van der Waals surface area contributed by atoms with E-state index in [9.17, 15) is 8.42 Å². The van der Waals surface area contributed by atoms with Gasteiger partial charge in [0.25, 0.3) is 0 Å². The van der Waals surface area contributed by atoms with Gasteiger partial charge in [0.1, 0.15) is 0 Å².